The Hall–Kier alpha value is -1.84. The van der Waals surface area contributed by atoms with Crippen molar-refractivity contribution in [3.8, 4) is 0 Å². The number of unbranched alkanes of at least 4 members (excludes halogenated alkanes) is 1. The van der Waals surface area contributed by atoms with Gasteiger partial charge in [0.15, 0.2) is 5.60 Å². The Morgan fingerprint density at radius 2 is 2.00 bits per heavy atom. The zero-order valence-electron chi connectivity index (χ0n) is 15.8. The molecule has 0 aromatic carbocycles. The van der Waals surface area contributed by atoms with E-state index in [0.717, 1.165) is 38.9 Å². The van der Waals surface area contributed by atoms with Crippen molar-refractivity contribution in [2.45, 2.75) is 64.1 Å². The summed E-state index contributed by atoms with van der Waals surface area (Å²) in [7, 11) is 0. The van der Waals surface area contributed by atoms with Gasteiger partial charge in [-0.2, -0.15) is 13.2 Å². The highest BCUT2D eigenvalue weighted by Gasteiger charge is 2.44. The van der Waals surface area contributed by atoms with Gasteiger partial charge in [0.25, 0.3) is 5.91 Å². The Balaban J connectivity index is 0.000000445. The summed E-state index contributed by atoms with van der Waals surface area (Å²) in [6, 6.07) is 0. The van der Waals surface area contributed by atoms with Gasteiger partial charge < -0.3 is 15.3 Å². The molecule has 2 rings (SSSR count). The lowest BCUT2D eigenvalue weighted by Crippen LogP contribution is -2.49. The average Bonchev–Trinajstić information content (AvgIpc) is 3.01. The Bertz CT molecular complexity index is 540. The Labute approximate surface area is 156 Å². The molecule has 10 heteroatoms. The van der Waals surface area contributed by atoms with E-state index in [1.807, 2.05) is 6.92 Å². The van der Waals surface area contributed by atoms with E-state index in [4.69, 9.17) is 14.7 Å². The summed E-state index contributed by atoms with van der Waals surface area (Å²) in [6.45, 7) is 8.13. The normalized spacial score (nSPS) is 22.5. The fraction of sp³-hybridized carbons (Fsp3) is 0.824. The van der Waals surface area contributed by atoms with Crippen LogP contribution in [0.15, 0.2) is 5.16 Å². The molecule has 0 aliphatic carbocycles. The first-order valence-electron chi connectivity index (χ1n) is 9.19. The van der Waals surface area contributed by atoms with Gasteiger partial charge in [-0.05, 0) is 38.8 Å². The lowest BCUT2D eigenvalue weighted by atomic mass is 9.88. The third-order valence-corrected chi connectivity index (χ3v) is 4.33. The van der Waals surface area contributed by atoms with Crippen molar-refractivity contribution in [3.63, 3.8) is 0 Å². The summed E-state index contributed by atoms with van der Waals surface area (Å²) >= 11 is 0. The number of amides is 1. The number of hydrogen-bond donors (Lipinski definition) is 2. The van der Waals surface area contributed by atoms with Crippen LogP contribution in [-0.4, -0.2) is 65.6 Å². The second kappa shape index (κ2) is 10.5. The predicted molar refractivity (Wildman–Crippen MR) is 93.4 cm³/mol. The number of alkyl halides is 3. The smallest absolute Gasteiger partial charge is 0.475 e. The van der Waals surface area contributed by atoms with E-state index >= 15 is 0 Å². The Morgan fingerprint density at radius 1 is 1.33 bits per heavy atom. The molecule has 2 heterocycles. The first-order valence-corrected chi connectivity index (χ1v) is 9.19. The highest BCUT2D eigenvalue weighted by atomic mass is 19.4. The molecule has 0 aromatic heterocycles. The molecule has 0 saturated carbocycles. The third-order valence-electron chi connectivity index (χ3n) is 4.33. The monoisotopic (exact) mass is 395 g/mol. The minimum Gasteiger partial charge on any atom is -0.475 e. The number of oxime groups is 1. The van der Waals surface area contributed by atoms with Gasteiger partial charge in [-0.1, -0.05) is 25.4 Å². The van der Waals surface area contributed by atoms with Crippen LogP contribution < -0.4 is 5.32 Å². The van der Waals surface area contributed by atoms with Crippen molar-refractivity contribution in [1.82, 2.24) is 10.2 Å². The number of rotatable bonds is 6. The molecule has 27 heavy (non-hydrogen) atoms. The van der Waals surface area contributed by atoms with E-state index in [2.05, 4.69) is 22.3 Å². The quantitative estimate of drug-likeness (QED) is 0.721. The van der Waals surface area contributed by atoms with Crippen molar-refractivity contribution in [2.75, 3.05) is 26.2 Å². The average molecular weight is 395 g/mol. The van der Waals surface area contributed by atoms with Gasteiger partial charge >= 0.3 is 12.1 Å². The van der Waals surface area contributed by atoms with Crippen LogP contribution in [0.5, 0.6) is 0 Å². The van der Waals surface area contributed by atoms with Gasteiger partial charge in [-0.25, -0.2) is 4.79 Å². The SMILES string of the molecule is CCCCN1CCCC2(CC(C(=O)NCCC)=NO2)C1.O=C(O)C(F)(F)F. The van der Waals surface area contributed by atoms with E-state index < -0.39 is 12.1 Å². The van der Waals surface area contributed by atoms with Gasteiger partial charge in [0.1, 0.15) is 5.71 Å². The number of nitrogens with zero attached hydrogens (tertiary/aromatic N) is 2. The van der Waals surface area contributed by atoms with Crippen LogP contribution in [0.4, 0.5) is 13.2 Å². The van der Waals surface area contributed by atoms with Crippen LogP contribution >= 0.6 is 0 Å². The fourth-order valence-corrected chi connectivity index (χ4v) is 2.97. The van der Waals surface area contributed by atoms with Crippen LogP contribution in [0.2, 0.25) is 0 Å². The molecule has 1 saturated heterocycles. The molecule has 1 amide bonds. The number of carboxylic acids is 1. The van der Waals surface area contributed by atoms with Crippen molar-refractivity contribution in [1.29, 1.82) is 0 Å². The highest BCUT2D eigenvalue weighted by molar-refractivity contribution is 6.39. The summed E-state index contributed by atoms with van der Waals surface area (Å²) in [5.41, 5.74) is 0.320. The molecule has 1 unspecified atom stereocenters. The maximum Gasteiger partial charge on any atom is 0.490 e. The van der Waals surface area contributed by atoms with E-state index in [1.54, 1.807) is 0 Å². The number of carboxylic acid groups (broad SMARTS) is 1. The molecule has 7 nitrogen and oxygen atoms in total. The van der Waals surface area contributed by atoms with Crippen LogP contribution in [-0.2, 0) is 14.4 Å². The molecule has 2 N–H and O–H groups in total. The molecule has 0 bridgehead atoms. The number of halogens is 3. The molecular formula is C17H28F3N3O4. The van der Waals surface area contributed by atoms with Gasteiger partial charge in [0.2, 0.25) is 0 Å². The summed E-state index contributed by atoms with van der Waals surface area (Å²) < 4.78 is 31.7. The fourth-order valence-electron chi connectivity index (χ4n) is 2.97. The largest absolute Gasteiger partial charge is 0.490 e. The third kappa shape index (κ3) is 7.74. The van der Waals surface area contributed by atoms with Crippen LogP contribution in [0, 0.1) is 0 Å². The number of hydrogen-bond acceptors (Lipinski definition) is 5. The zero-order chi connectivity index (χ0) is 20.5. The van der Waals surface area contributed by atoms with Crippen molar-refractivity contribution in [3.05, 3.63) is 0 Å². The molecule has 1 fully saturated rings. The van der Waals surface area contributed by atoms with Crippen molar-refractivity contribution >= 4 is 17.6 Å². The molecule has 0 aromatic rings. The summed E-state index contributed by atoms with van der Waals surface area (Å²) in [5, 5.41) is 14.1. The topological polar surface area (TPSA) is 91.2 Å². The summed E-state index contributed by atoms with van der Waals surface area (Å²) in [6.07, 6.45) is 1.08. The maximum absolute atomic E-state index is 11.9. The van der Waals surface area contributed by atoms with Crippen LogP contribution in [0.25, 0.3) is 0 Å². The van der Waals surface area contributed by atoms with Gasteiger partial charge in [0, 0.05) is 19.5 Å². The summed E-state index contributed by atoms with van der Waals surface area (Å²) in [4.78, 5) is 29.0. The lowest BCUT2D eigenvalue weighted by molar-refractivity contribution is -0.192. The van der Waals surface area contributed by atoms with E-state index in [0.29, 0.717) is 18.7 Å². The molecule has 2 aliphatic heterocycles. The molecule has 0 radical (unpaired) electrons. The first-order chi connectivity index (χ1) is 12.6. The van der Waals surface area contributed by atoms with Gasteiger partial charge in [-0.3, -0.25) is 9.69 Å². The van der Waals surface area contributed by atoms with E-state index in [9.17, 15) is 18.0 Å². The van der Waals surface area contributed by atoms with Gasteiger partial charge in [-0.15, -0.1) is 0 Å². The minimum atomic E-state index is -5.08. The molecule has 2 aliphatic rings. The molecule has 1 spiro atoms. The second-order valence-electron chi connectivity index (χ2n) is 6.78. The Kier molecular flexibility index (Phi) is 9.01. The molecule has 1 atom stereocenters. The number of piperidine rings is 1. The predicted octanol–water partition coefficient (Wildman–Crippen LogP) is 2.56. The molecular weight excluding hydrogens is 367 g/mol. The standard InChI is InChI=1S/C15H27N3O2.C2HF3O2/c1-3-5-9-18-10-6-7-15(12-18)11-13(17-20-15)14(19)16-8-4-2;3-2(4,5)1(6)7/h3-12H2,1-2H3,(H,16,19);(H,6,7). The lowest BCUT2D eigenvalue weighted by Gasteiger charge is -2.38. The summed E-state index contributed by atoms with van der Waals surface area (Å²) in [5.74, 6) is -2.82. The maximum atomic E-state index is 11.9. The zero-order valence-corrected chi connectivity index (χ0v) is 15.8. The van der Waals surface area contributed by atoms with Gasteiger partial charge in [0.05, 0.1) is 0 Å². The van der Waals surface area contributed by atoms with Crippen molar-refractivity contribution < 1.29 is 32.7 Å². The van der Waals surface area contributed by atoms with E-state index in [-0.39, 0.29) is 11.5 Å². The highest BCUT2D eigenvalue weighted by Crippen LogP contribution is 2.33. The number of carbonyl (C=O) groups is 2. The second-order valence-corrected chi connectivity index (χ2v) is 6.78. The van der Waals surface area contributed by atoms with Crippen LogP contribution in [0.1, 0.15) is 52.4 Å². The van der Waals surface area contributed by atoms with Crippen LogP contribution in [0.3, 0.4) is 0 Å². The van der Waals surface area contributed by atoms with E-state index in [1.165, 1.54) is 12.8 Å². The molecule has 156 valence electrons. The minimum absolute atomic E-state index is 0.0607. The number of likely N-dealkylation sites (tertiary alicyclic amines) is 1. The number of nitrogens with one attached hydrogen (secondary N) is 1. The number of aliphatic carboxylic acids is 1. The first kappa shape index (κ1) is 23.2. The Morgan fingerprint density at radius 3 is 2.56 bits per heavy atom. The van der Waals surface area contributed by atoms with Crippen molar-refractivity contribution in [2.24, 2.45) is 5.16 Å². The number of carbonyl (C=O) groups excluding carboxylic acids is 1.